The molecule has 1 aromatic heterocycles. The Morgan fingerprint density at radius 3 is 2.41 bits per heavy atom. The summed E-state index contributed by atoms with van der Waals surface area (Å²) < 4.78 is 5.69. The van der Waals surface area contributed by atoms with Crippen LogP contribution in [0.15, 0.2) is 42.6 Å². The predicted molar refractivity (Wildman–Crippen MR) is 88.2 cm³/mol. The topological polar surface area (TPSA) is 51.2 Å². The molecule has 1 unspecified atom stereocenters. The summed E-state index contributed by atoms with van der Waals surface area (Å²) in [5.74, 6) is 0.974. The second kappa shape index (κ2) is 7.07. The first kappa shape index (κ1) is 16.0. The molecule has 0 saturated carbocycles. The Labute approximate surface area is 131 Å². The number of rotatable bonds is 5. The number of carbonyl (C=O) groups is 1. The molecule has 2 aromatic rings. The molecular formula is C18H22N2O2. The Balaban J connectivity index is 1.98. The molecule has 0 bridgehead atoms. The van der Waals surface area contributed by atoms with Crippen LogP contribution in [0, 0.1) is 6.92 Å². The van der Waals surface area contributed by atoms with Crippen molar-refractivity contribution < 1.29 is 9.53 Å². The van der Waals surface area contributed by atoms with Gasteiger partial charge >= 0.3 is 0 Å². The number of anilines is 1. The van der Waals surface area contributed by atoms with E-state index < -0.39 is 6.10 Å². The molecule has 0 aliphatic carbocycles. The van der Waals surface area contributed by atoms with Crippen molar-refractivity contribution in [3.8, 4) is 5.75 Å². The van der Waals surface area contributed by atoms with E-state index in [1.54, 1.807) is 19.2 Å². The van der Waals surface area contributed by atoms with Crippen molar-refractivity contribution in [2.24, 2.45) is 0 Å². The predicted octanol–water partition coefficient (Wildman–Crippen LogP) is 3.92. The van der Waals surface area contributed by atoms with Crippen LogP contribution in [0.2, 0.25) is 0 Å². The lowest BCUT2D eigenvalue weighted by molar-refractivity contribution is -0.122. The molecule has 4 heteroatoms. The van der Waals surface area contributed by atoms with Gasteiger partial charge in [-0.1, -0.05) is 26.0 Å². The first-order valence-electron chi connectivity index (χ1n) is 7.46. The largest absolute Gasteiger partial charge is 0.481 e. The zero-order chi connectivity index (χ0) is 16.1. The summed E-state index contributed by atoms with van der Waals surface area (Å²) in [4.78, 5) is 16.3. The number of amides is 1. The van der Waals surface area contributed by atoms with Gasteiger partial charge in [-0.3, -0.25) is 9.78 Å². The molecule has 0 spiro atoms. The van der Waals surface area contributed by atoms with Crippen molar-refractivity contribution in [3.63, 3.8) is 0 Å². The lowest BCUT2D eigenvalue weighted by Crippen LogP contribution is -2.30. The molecule has 1 amide bonds. The van der Waals surface area contributed by atoms with Crippen molar-refractivity contribution in [2.45, 2.75) is 39.7 Å². The summed E-state index contributed by atoms with van der Waals surface area (Å²) in [6, 6.07) is 11.5. The summed E-state index contributed by atoms with van der Waals surface area (Å²) in [5.41, 5.74) is 2.73. The molecule has 2 rings (SSSR count). The Morgan fingerprint density at radius 2 is 1.82 bits per heavy atom. The second-order valence-electron chi connectivity index (χ2n) is 5.61. The SMILES string of the molecule is Cc1ncccc1NC(=O)C(C)Oc1ccc(C(C)C)cc1. The van der Waals surface area contributed by atoms with Gasteiger partial charge in [0.2, 0.25) is 0 Å². The average molecular weight is 298 g/mol. The first-order chi connectivity index (χ1) is 10.5. The molecular weight excluding hydrogens is 276 g/mol. The van der Waals surface area contributed by atoms with Crippen molar-refractivity contribution in [1.82, 2.24) is 4.98 Å². The van der Waals surface area contributed by atoms with Crippen LogP contribution in [-0.2, 0) is 4.79 Å². The lowest BCUT2D eigenvalue weighted by Gasteiger charge is -2.16. The number of hydrogen-bond donors (Lipinski definition) is 1. The third-order valence-electron chi connectivity index (χ3n) is 3.49. The Morgan fingerprint density at radius 1 is 1.14 bits per heavy atom. The van der Waals surface area contributed by atoms with Crippen molar-refractivity contribution >= 4 is 11.6 Å². The van der Waals surface area contributed by atoms with Gasteiger partial charge in [0.1, 0.15) is 5.75 Å². The van der Waals surface area contributed by atoms with E-state index in [0.29, 0.717) is 17.4 Å². The third kappa shape index (κ3) is 4.07. The van der Waals surface area contributed by atoms with E-state index in [9.17, 15) is 4.79 Å². The smallest absolute Gasteiger partial charge is 0.265 e. The fourth-order valence-corrected chi connectivity index (χ4v) is 2.04. The van der Waals surface area contributed by atoms with Gasteiger partial charge in [-0.2, -0.15) is 0 Å². The van der Waals surface area contributed by atoms with Crippen LogP contribution in [0.1, 0.15) is 37.9 Å². The molecule has 1 aromatic carbocycles. The number of nitrogens with one attached hydrogen (secondary N) is 1. The molecule has 0 saturated heterocycles. The van der Waals surface area contributed by atoms with E-state index in [-0.39, 0.29) is 5.91 Å². The number of ether oxygens (including phenoxy) is 1. The van der Waals surface area contributed by atoms with Gasteiger partial charge in [-0.25, -0.2) is 0 Å². The first-order valence-corrected chi connectivity index (χ1v) is 7.46. The molecule has 0 fully saturated rings. The minimum atomic E-state index is -0.579. The average Bonchev–Trinajstić information content (AvgIpc) is 2.50. The number of carbonyl (C=O) groups excluding carboxylic acids is 1. The van der Waals surface area contributed by atoms with Crippen LogP contribution in [0.25, 0.3) is 0 Å². The van der Waals surface area contributed by atoms with Gasteiger partial charge in [-0.15, -0.1) is 0 Å². The minimum Gasteiger partial charge on any atom is -0.481 e. The fourth-order valence-electron chi connectivity index (χ4n) is 2.04. The summed E-state index contributed by atoms with van der Waals surface area (Å²) in [7, 11) is 0. The highest BCUT2D eigenvalue weighted by molar-refractivity contribution is 5.94. The van der Waals surface area contributed by atoms with Crippen molar-refractivity contribution in [2.75, 3.05) is 5.32 Å². The Bertz CT molecular complexity index is 636. The zero-order valence-electron chi connectivity index (χ0n) is 13.5. The zero-order valence-corrected chi connectivity index (χ0v) is 13.5. The Hall–Kier alpha value is -2.36. The standard InChI is InChI=1S/C18H22N2O2/c1-12(2)15-7-9-16(10-8-15)22-14(4)18(21)20-17-6-5-11-19-13(17)3/h5-12,14H,1-4H3,(H,20,21). The van der Waals surface area contributed by atoms with Crippen LogP contribution in [0.5, 0.6) is 5.75 Å². The maximum absolute atomic E-state index is 12.2. The number of benzene rings is 1. The van der Waals surface area contributed by atoms with Crippen molar-refractivity contribution in [1.29, 1.82) is 0 Å². The third-order valence-corrected chi connectivity index (χ3v) is 3.49. The highest BCUT2D eigenvalue weighted by Gasteiger charge is 2.16. The van der Waals surface area contributed by atoms with Crippen molar-refractivity contribution in [3.05, 3.63) is 53.9 Å². The fraction of sp³-hybridized carbons (Fsp3) is 0.333. The molecule has 1 heterocycles. The highest BCUT2D eigenvalue weighted by atomic mass is 16.5. The monoisotopic (exact) mass is 298 g/mol. The molecule has 0 aliphatic heterocycles. The van der Waals surface area contributed by atoms with E-state index in [2.05, 4.69) is 24.1 Å². The van der Waals surface area contributed by atoms with Crippen LogP contribution in [0.3, 0.4) is 0 Å². The molecule has 22 heavy (non-hydrogen) atoms. The van der Waals surface area contributed by atoms with Gasteiger partial charge in [0.05, 0.1) is 11.4 Å². The van der Waals surface area contributed by atoms with E-state index in [4.69, 9.17) is 4.74 Å². The number of aromatic nitrogens is 1. The van der Waals surface area contributed by atoms with Crippen LogP contribution >= 0.6 is 0 Å². The van der Waals surface area contributed by atoms with Gasteiger partial charge in [0.25, 0.3) is 5.91 Å². The quantitative estimate of drug-likeness (QED) is 0.910. The lowest BCUT2D eigenvalue weighted by atomic mass is 10.0. The minimum absolute atomic E-state index is 0.191. The van der Waals surface area contributed by atoms with E-state index in [1.807, 2.05) is 37.3 Å². The second-order valence-corrected chi connectivity index (χ2v) is 5.61. The summed E-state index contributed by atoms with van der Waals surface area (Å²) >= 11 is 0. The maximum atomic E-state index is 12.2. The van der Waals surface area contributed by atoms with Crippen LogP contribution < -0.4 is 10.1 Å². The molecule has 0 radical (unpaired) electrons. The summed E-state index contributed by atoms with van der Waals surface area (Å²) in [5, 5.41) is 2.83. The molecule has 1 N–H and O–H groups in total. The van der Waals surface area contributed by atoms with Gasteiger partial charge in [0, 0.05) is 6.20 Å². The molecule has 1 atom stereocenters. The number of nitrogens with zero attached hydrogens (tertiary/aromatic N) is 1. The molecule has 0 aliphatic rings. The van der Waals surface area contributed by atoms with E-state index in [0.717, 1.165) is 5.69 Å². The molecule has 116 valence electrons. The summed E-state index contributed by atoms with van der Waals surface area (Å²) in [6.07, 6.45) is 1.12. The van der Waals surface area contributed by atoms with Gasteiger partial charge in [-0.05, 0) is 49.6 Å². The maximum Gasteiger partial charge on any atom is 0.265 e. The number of pyridine rings is 1. The van der Waals surface area contributed by atoms with E-state index >= 15 is 0 Å². The van der Waals surface area contributed by atoms with E-state index in [1.165, 1.54) is 5.56 Å². The number of aryl methyl sites for hydroxylation is 1. The van der Waals surface area contributed by atoms with Gasteiger partial charge < -0.3 is 10.1 Å². The van der Waals surface area contributed by atoms with Crippen LogP contribution in [0.4, 0.5) is 5.69 Å². The van der Waals surface area contributed by atoms with Crippen LogP contribution in [-0.4, -0.2) is 17.0 Å². The van der Waals surface area contributed by atoms with Gasteiger partial charge in [0.15, 0.2) is 6.10 Å². The normalized spacial score (nSPS) is 12.0. The highest BCUT2D eigenvalue weighted by Crippen LogP contribution is 2.20. The Kier molecular flexibility index (Phi) is 5.15. The molecule has 4 nitrogen and oxygen atoms in total. The summed E-state index contributed by atoms with van der Waals surface area (Å²) in [6.45, 7) is 7.87. The number of hydrogen-bond acceptors (Lipinski definition) is 3.